The SMILES string of the molecule is c1ccc(-c2nnc(-c3ccc(C4=Nc5cccnc5C(c5ccc(-c6nnc(-c7ccccc7)o6)cc5)=Nc5cccnc54)cc3)o2)cc1. The van der Waals surface area contributed by atoms with Gasteiger partial charge in [0, 0.05) is 45.8 Å². The number of nitrogens with zero attached hydrogens (tertiary/aromatic N) is 8. The standard InChI is InChI=1S/C40H24N8O2/c1-3-9-27(10-4-1)37-45-47-39(49-37)29-19-15-25(16-20-29)33-35-31(13-7-23-41-35)44-34(36-32(43-33)14-8-24-42-36)26-17-21-30(22-18-26)40-48-46-38(50-40)28-11-5-2-6-12-28/h1-24H. The minimum atomic E-state index is 0.430. The van der Waals surface area contributed by atoms with Gasteiger partial charge in [-0.3, -0.25) is 9.97 Å². The lowest BCUT2D eigenvalue weighted by atomic mass is 10.00. The Morgan fingerprint density at radius 1 is 0.320 bits per heavy atom. The van der Waals surface area contributed by atoms with Crippen molar-refractivity contribution in [2.45, 2.75) is 0 Å². The second-order valence-electron chi connectivity index (χ2n) is 11.4. The van der Waals surface area contributed by atoms with E-state index in [9.17, 15) is 0 Å². The van der Waals surface area contributed by atoms with Crippen molar-refractivity contribution in [2.75, 3.05) is 0 Å². The molecule has 10 nitrogen and oxygen atoms in total. The fraction of sp³-hybridized carbons (Fsp3) is 0. The Balaban J connectivity index is 1.06. The Hall–Kier alpha value is -7.20. The molecule has 9 rings (SSSR count). The molecule has 8 aromatic rings. The summed E-state index contributed by atoms with van der Waals surface area (Å²) in [5.41, 5.74) is 8.97. The Kier molecular flexibility index (Phi) is 7.21. The number of aromatic nitrogens is 6. The zero-order valence-electron chi connectivity index (χ0n) is 26.3. The number of aliphatic imine (C=N–C) groups is 2. The number of hydrogen-bond donors (Lipinski definition) is 0. The van der Waals surface area contributed by atoms with Crippen LogP contribution in [-0.4, -0.2) is 41.8 Å². The van der Waals surface area contributed by atoms with Crippen molar-refractivity contribution >= 4 is 22.8 Å². The fourth-order valence-electron chi connectivity index (χ4n) is 5.70. The van der Waals surface area contributed by atoms with Crippen LogP contribution in [0.15, 0.2) is 165 Å². The van der Waals surface area contributed by atoms with Crippen molar-refractivity contribution in [3.8, 4) is 45.8 Å². The summed E-state index contributed by atoms with van der Waals surface area (Å²) in [7, 11) is 0. The van der Waals surface area contributed by atoms with Crippen LogP contribution in [0.2, 0.25) is 0 Å². The highest BCUT2D eigenvalue weighted by Gasteiger charge is 2.22. The van der Waals surface area contributed by atoms with E-state index < -0.39 is 0 Å². The van der Waals surface area contributed by atoms with Crippen molar-refractivity contribution in [1.82, 2.24) is 30.4 Å². The van der Waals surface area contributed by atoms with Gasteiger partial charge in [0.1, 0.15) is 11.4 Å². The number of rotatable bonds is 6. The molecular formula is C40H24N8O2. The molecule has 0 atom stereocenters. The average Bonchev–Trinajstić information content (AvgIpc) is 3.89. The summed E-state index contributed by atoms with van der Waals surface area (Å²) >= 11 is 0. The molecule has 0 saturated heterocycles. The van der Waals surface area contributed by atoms with Crippen LogP contribution in [0.25, 0.3) is 45.8 Å². The monoisotopic (exact) mass is 648 g/mol. The lowest BCUT2D eigenvalue weighted by Crippen LogP contribution is -2.12. The average molecular weight is 649 g/mol. The molecule has 0 saturated carbocycles. The first kappa shape index (κ1) is 29.0. The van der Waals surface area contributed by atoms with Crippen LogP contribution in [0.4, 0.5) is 11.4 Å². The van der Waals surface area contributed by atoms with Gasteiger partial charge in [0.2, 0.25) is 23.6 Å². The van der Waals surface area contributed by atoms with Crippen molar-refractivity contribution < 1.29 is 8.83 Å². The smallest absolute Gasteiger partial charge is 0.248 e. The first-order valence-electron chi connectivity index (χ1n) is 15.8. The van der Waals surface area contributed by atoms with Crippen LogP contribution < -0.4 is 0 Å². The van der Waals surface area contributed by atoms with Crippen LogP contribution >= 0.6 is 0 Å². The first-order valence-corrected chi connectivity index (χ1v) is 15.8. The van der Waals surface area contributed by atoms with E-state index in [-0.39, 0.29) is 0 Å². The maximum Gasteiger partial charge on any atom is 0.248 e. The molecule has 1 aliphatic heterocycles. The summed E-state index contributed by atoms with van der Waals surface area (Å²) in [5, 5.41) is 17.0. The largest absolute Gasteiger partial charge is 0.416 e. The van der Waals surface area contributed by atoms with E-state index in [0.29, 0.717) is 57.7 Å². The molecule has 0 radical (unpaired) electrons. The quantitative estimate of drug-likeness (QED) is 0.175. The van der Waals surface area contributed by atoms with Gasteiger partial charge in [-0.05, 0) is 72.8 Å². The lowest BCUT2D eigenvalue weighted by molar-refractivity contribution is 0.584. The minimum absolute atomic E-state index is 0.430. The maximum absolute atomic E-state index is 5.98. The van der Waals surface area contributed by atoms with Crippen LogP contribution in [0, 0.1) is 0 Å². The molecule has 4 aromatic heterocycles. The molecule has 0 bridgehead atoms. The van der Waals surface area contributed by atoms with Gasteiger partial charge in [0.25, 0.3) is 0 Å². The lowest BCUT2D eigenvalue weighted by Gasteiger charge is -2.16. The first-order chi connectivity index (χ1) is 24.8. The highest BCUT2D eigenvalue weighted by atomic mass is 16.4. The van der Waals surface area contributed by atoms with Gasteiger partial charge in [0.05, 0.1) is 22.8 Å². The minimum Gasteiger partial charge on any atom is -0.416 e. The molecule has 1 aliphatic rings. The van der Waals surface area contributed by atoms with E-state index in [2.05, 4.69) is 20.4 Å². The summed E-state index contributed by atoms with van der Waals surface area (Å²) in [4.78, 5) is 19.8. The molecule has 0 amide bonds. The zero-order valence-corrected chi connectivity index (χ0v) is 26.3. The molecule has 0 N–H and O–H groups in total. The van der Waals surface area contributed by atoms with Gasteiger partial charge in [-0.25, -0.2) is 9.98 Å². The summed E-state index contributed by atoms with van der Waals surface area (Å²) in [6.45, 7) is 0. The Bertz CT molecular complexity index is 2340. The summed E-state index contributed by atoms with van der Waals surface area (Å²) in [6.07, 6.45) is 3.49. The van der Waals surface area contributed by atoms with Crippen LogP contribution in [0.1, 0.15) is 22.5 Å². The predicted molar refractivity (Wildman–Crippen MR) is 189 cm³/mol. The molecule has 0 aliphatic carbocycles. The molecule has 5 heterocycles. The summed E-state index contributed by atoms with van der Waals surface area (Å²) in [5.74, 6) is 1.79. The van der Waals surface area contributed by atoms with Crippen LogP contribution in [-0.2, 0) is 0 Å². The molecular weight excluding hydrogens is 624 g/mol. The summed E-state index contributed by atoms with van der Waals surface area (Å²) in [6, 6.07) is 42.6. The van der Waals surface area contributed by atoms with Crippen molar-refractivity contribution in [3.05, 3.63) is 168 Å². The molecule has 236 valence electrons. The predicted octanol–water partition coefficient (Wildman–Crippen LogP) is 8.56. The van der Waals surface area contributed by atoms with Crippen LogP contribution in [0.3, 0.4) is 0 Å². The number of hydrogen-bond acceptors (Lipinski definition) is 10. The molecule has 50 heavy (non-hydrogen) atoms. The van der Waals surface area contributed by atoms with Crippen molar-refractivity contribution in [3.63, 3.8) is 0 Å². The van der Waals surface area contributed by atoms with E-state index in [4.69, 9.17) is 28.8 Å². The fourth-order valence-corrected chi connectivity index (χ4v) is 5.70. The third-order valence-corrected chi connectivity index (χ3v) is 8.19. The topological polar surface area (TPSA) is 128 Å². The molecule has 0 spiro atoms. The van der Waals surface area contributed by atoms with E-state index in [0.717, 1.165) is 33.4 Å². The van der Waals surface area contributed by atoms with Gasteiger partial charge in [-0.1, -0.05) is 60.7 Å². The second kappa shape index (κ2) is 12.4. The van der Waals surface area contributed by atoms with Gasteiger partial charge in [-0.2, -0.15) is 0 Å². The Morgan fingerprint density at radius 2 is 0.660 bits per heavy atom. The number of fused-ring (bicyclic) bond motifs is 2. The molecule has 0 unspecified atom stereocenters. The Labute approximate surface area is 285 Å². The second-order valence-corrected chi connectivity index (χ2v) is 11.4. The maximum atomic E-state index is 5.98. The highest BCUT2D eigenvalue weighted by molar-refractivity contribution is 6.21. The molecule has 10 heteroatoms. The number of pyridine rings is 2. The third kappa shape index (κ3) is 5.46. The van der Waals surface area contributed by atoms with Gasteiger partial charge < -0.3 is 8.83 Å². The van der Waals surface area contributed by atoms with Crippen LogP contribution in [0.5, 0.6) is 0 Å². The van der Waals surface area contributed by atoms with Gasteiger partial charge >= 0.3 is 0 Å². The van der Waals surface area contributed by atoms with Gasteiger partial charge in [-0.15, -0.1) is 20.4 Å². The number of benzene rings is 4. The van der Waals surface area contributed by atoms with E-state index in [1.54, 1.807) is 12.4 Å². The van der Waals surface area contributed by atoms with Crippen molar-refractivity contribution in [1.29, 1.82) is 0 Å². The van der Waals surface area contributed by atoms with E-state index >= 15 is 0 Å². The molecule has 4 aromatic carbocycles. The summed E-state index contributed by atoms with van der Waals surface area (Å²) < 4.78 is 12.0. The van der Waals surface area contributed by atoms with E-state index in [1.165, 1.54) is 0 Å². The third-order valence-electron chi connectivity index (χ3n) is 8.19. The zero-order chi connectivity index (χ0) is 33.3. The molecule has 0 fully saturated rings. The normalized spacial score (nSPS) is 12.2. The highest BCUT2D eigenvalue weighted by Crippen LogP contribution is 2.33. The van der Waals surface area contributed by atoms with Crippen molar-refractivity contribution in [2.24, 2.45) is 9.98 Å². The van der Waals surface area contributed by atoms with E-state index in [1.807, 2.05) is 133 Å². The van der Waals surface area contributed by atoms with Gasteiger partial charge in [0.15, 0.2) is 0 Å². The Morgan fingerprint density at radius 3 is 1.04 bits per heavy atom.